The van der Waals surface area contributed by atoms with Gasteiger partial charge in [-0.25, -0.2) is 0 Å². The first-order chi connectivity index (χ1) is 5.37. The summed E-state index contributed by atoms with van der Waals surface area (Å²) in [7, 11) is 3.32. The van der Waals surface area contributed by atoms with E-state index in [-0.39, 0.29) is 17.6 Å². The molecule has 0 saturated heterocycles. The Bertz CT molecular complexity index is 165. The molecule has 0 aliphatic rings. The lowest BCUT2D eigenvalue weighted by atomic mass is 9.96. The summed E-state index contributed by atoms with van der Waals surface area (Å²) in [6.45, 7) is 5.27. The lowest BCUT2D eigenvalue weighted by molar-refractivity contribution is -0.139. The summed E-state index contributed by atoms with van der Waals surface area (Å²) in [6.07, 6.45) is 0. The molecular weight excluding hydrogens is 154 g/mol. The Balaban J connectivity index is 4.30. The van der Waals surface area contributed by atoms with Gasteiger partial charge in [-0.2, -0.15) is 0 Å². The Labute approximate surface area is 73.7 Å². The average molecular weight is 171 g/mol. The van der Waals surface area contributed by atoms with Gasteiger partial charge in [-0.3, -0.25) is 9.59 Å². The third-order valence-electron chi connectivity index (χ3n) is 1.81. The van der Waals surface area contributed by atoms with E-state index in [4.69, 9.17) is 0 Å². The van der Waals surface area contributed by atoms with Crippen LogP contribution >= 0.6 is 0 Å². The highest BCUT2D eigenvalue weighted by molar-refractivity contribution is 6.01. The summed E-state index contributed by atoms with van der Waals surface area (Å²) in [5.74, 6) is -0.675. The van der Waals surface area contributed by atoms with E-state index in [1.54, 1.807) is 21.0 Å². The number of nitrogens with zero attached hydrogens (tertiary/aromatic N) is 1. The first-order valence-corrected chi connectivity index (χ1v) is 4.12. The van der Waals surface area contributed by atoms with Crippen LogP contribution in [0.25, 0.3) is 0 Å². The van der Waals surface area contributed by atoms with Crippen molar-refractivity contribution in [2.75, 3.05) is 14.1 Å². The number of carbonyl (C=O) groups excluding carboxylic acids is 2. The number of ketones is 1. The van der Waals surface area contributed by atoms with Gasteiger partial charge in [-0.1, -0.05) is 13.8 Å². The maximum atomic E-state index is 11.3. The summed E-state index contributed by atoms with van der Waals surface area (Å²) >= 11 is 0. The van der Waals surface area contributed by atoms with Crippen LogP contribution in [0.3, 0.4) is 0 Å². The topological polar surface area (TPSA) is 37.4 Å². The van der Waals surface area contributed by atoms with Crippen molar-refractivity contribution in [3.8, 4) is 0 Å². The Morgan fingerprint density at radius 1 is 1.08 bits per heavy atom. The highest BCUT2D eigenvalue weighted by Gasteiger charge is 2.24. The van der Waals surface area contributed by atoms with Gasteiger partial charge in [-0.15, -0.1) is 0 Å². The van der Waals surface area contributed by atoms with E-state index in [1.807, 2.05) is 13.8 Å². The van der Waals surface area contributed by atoms with E-state index in [1.165, 1.54) is 4.90 Å². The number of amides is 1. The van der Waals surface area contributed by atoms with Crippen molar-refractivity contribution in [1.82, 2.24) is 4.90 Å². The van der Waals surface area contributed by atoms with Crippen molar-refractivity contribution >= 4 is 11.7 Å². The first-order valence-electron chi connectivity index (χ1n) is 4.12. The molecule has 0 radical (unpaired) electrons. The SMILES string of the molecule is CC(C)C(=O)[C@H](C)C(=O)N(C)C. The minimum atomic E-state index is -0.500. The summed E-state index contributed by atoms with van der Waals surface area (Å²) in [5.41, 5.74) is 0. The maximum Gasteiger partial charge on any atom is 0.232 e. The molecule has 0 bridgehead atoms. The molecule has 1 atom stereocenters. The molecule has 3 heteroatoms. The van der Waals surface area contributed by atoms with Crippen LogP contribution in [-0.4, -0.2) is 30.7 Å². The van der Waals surface area contributed by atoms with Crippen molar-refractivity contribution in [3.63, 3.8) is 0 Å². The number of hydrogen-bond acceptors (Lipinski definition) is 2. The second kappa shape index (κ2) is 4.24. The molecule has 0 aromatic carbocycles. The normalized spacial score (nSPS) is 12.8. The van der Waals surface area contributed by atoms with E-state index in [9.17, 15) is 9.59 Å². The second-order valence-electron chi connectivity index (χ2n) is 3.51. The molecule has 0 aromatic heterocycles. The van der Waals surface area contributed by atoms with Gasteiger partial charge in [0.25, 0.3) is 0 Å². The van der Waals surface area contributed by atoms with E-state index in [2.05, 4.69) is 0 Å². The zero-order valence-corrected chi connectivity index (χ0v) is 8.42. The largest absolute Gasteiger partial charge is 0.348 e. The zero-order chi connectivity index (χ0) is 9.89. The fraction of sp³-hybridized carbons (Fsp3) is 0.778. The molecule has 0 fully saturated rings. The minimum absolute atomic E-state index is 0.00806. The van der Waals surface area contributed by atoms with Gasteiger partial charge in [0.2, 0.25) is 5.91 Å². The Morgan fingerprint density at radius 3 is 1.75 bits per heavy atom. The third-order valence-corrected chi connectivity index (χ3v) is 1.81. The zero-order valence-electron chi connectivity index (χ0n) is 8.42. The van der Waals surface area contributed by atoms with Crippen LogP contribution in [0, 0.1) is 11.8 Å². The monoisotopic (exact) mass is 171 g/mol. The number of Topliss-reactive ketones (excluding diaryl/α,β-unsaturated/α-hetero) is 1. The van der Waals surface area contributed by atoms with Gasteiger partial charge in [0.1, 0.15) is 5.78 Å². The quantitative estimate of drug-likeness (QED) is 0.592. The average Bonchev–Trinajstić information content (AvgIpc) is 2.00. The molecular formula is C9H17NO2. The highest BCUT2D eigenvalue weighted by Crippen LogP contribution is 2.08. The van der Waals surface area contributed by atoms with Crippen LogP contribution in [0.4, 0.5) is 0 Å². The highest BCUT2D eigenvalue weighted by atomic mass is 16.2. The van der Waals surface area contributed by atoms with Gasteiger partial charge in [0.05, 0.1) is 5.92 Å². The Morgan fingerprint density at radius 2 is 1.50 bits per heavy atom. The summed E-state index contributed by atoms with van der Waals surface area (Å²) in [4.78, 5) is 24.1. The second-order valence-corrected chi connectivity index (χ2v) is 3.51. The van der Waals surface area contributed by atoms with Crippen LogP contribution < -0.4 is 0 Å². The molecule has 3 nitrogen and oxygen atoms in total. The van der Waals surface area contributed by atoms with Gasteiger partial charge < -0.3 is 4.90 Å². The van der Waals surface area contributed by atoms with E-state index < -0.39 is 5.92 Å². The molecule has 70 valence electrons. The smallest absolute Gasteiger partial charge is 0.232 e. The van der Waals surface area contributed by atoms with E-state index in [0.717, 1.165) is 0 Å². The Hall–Kier alpha value is -0.860. The predicted octanol–water partition coefficient (Wildman–Crippen LogP) is 0.936. The first kappa shape index (κ1) is 11.1. The van der Waals surface area contributed by atoms with Crippen molar-refractivity contribution in [2.45, 2.75) is 20.8 Å². The molecule has 0 aliphatic heterocycles. The molecule has 12 heavy (non-hydrogen) atoms. The minimum Gasteiger partial charge on any atom is -0.348 e. The van der Waals surface area contributed by atoms with Crippen molar-refractivity contribution in [2.24, 2.45) is 11.8 Å². The summed E-state index contributed by atoms with van der Waals surface area (Å²) < 4.78 is 0. The fourth-order valence-corrected chi connectivity index (χ4v) is 1.01. The molecule has 0 heterocycles. The fourth-order valence-electron chi connectivity index (χ4n) is 1.01. The summed E-state index contributed by atoms with van der Waals surface area (Å²) in [5, 5.41) is 0. The number of carbonyl (C=O) groups is 2. The molecule has 0 aliphatic carbocycles. The van der Waals surface area contributed by atoms with Gasteiger partial charge in [-0.05, 0) is 6.92 Å². The number of hydrogen-bond donors (Lipinski definition) is 0. The Kier molecular flexibility index (Phi) is 3.93. The molecule has 0 rings (SSSR count). The van der Waals surface area contributed by atoms with Crippen molar-refractivity contribution in [1.29, 1.82) is 0 Å². The predicted molar refractivity (Wildman–Crippen MR) is 47.7 cm³/mol. The van der Waals surface area contributed by atoms with Gasteiger partial charge in [0.15, 0.2) is 0 Å². The molecule has 0 N–H and O–H groups in total. The number of rotatable bonds is 3. The lowest BCUT2D eigenvalue weighted by Gasteiger charge is -2.17. The molecule has 1 amide bonds. The van der Waals surface area contributed by atoms with Crippen LogP contribution in [0.1, 0.15) is 20.8 Å². The van der Waals surface area contributed by atoms with E-state index in [0.29, 0.717) is 0 Å². The lowest BCUT2D eigenvalue weighted by Crippen LogP contribution is -2.34. The van der Waals surface area contributed by atoms with Crippen molar-refractivity contribution in [3.05, 3.63) is 0 Å². The van der Waals surface area contributed by atoms with Gasteiger partial charge >= 0.3 is 0 Å². The summed E-state index contributed by atoms with van der Waals surface area (Å²) in [6, 6.07) is 0. The van der Waals surface area contributed by atoms with Gasteiger partial charge in [0, 0.05) is 20.0 Å². The van der Waals surface area contributed by atoms with Crippen LogP contribution in [-0.2, 0) is 9.59 Å². The maximum absolute atomic E-state index is 11.3. The standard InChI is InChI=1S/C9H17NO2/c1-6(2)8(11)7(3)9(12)10(4)5/h6-7H,1-5H3/t7-/m0/s1. The molecule has 0 spiro atoms. The molecule has 0 saturated carbocycles. The van der Waals surface area contributed by atoms with Crippen LogP contribution in [0.5, 0.6) is 0 Å². The van der Waals surface area contributed by atoms with E-state index >= 15 is 0 Å². The van der Waals surface area contributed by atoms with Crippen molar-refractivity contribution < 1.29 is 9.59 Å². The van der Waals surface area contributed by atoms with Crippen LogP contribution in [0.15, 0.2) is 0 Å². The van der Waals surface area contributed by atoms with Crippen LogP contribution in [0.2, 0.25) is 0 Å². The molecule has 0 unspecified atom stereocenters. The third kappa shape index (κ3) is 2.64. The molecule has 0 aromatic rings.